The Morgan fingerprint density at radius 3 is 2.65 bits per heavy atom. The van der Waals surface area contributed by atoms with Gasteiger partial charge in [-0.15, -0.1) is 11.3 Å². The van der Waals surface area contributed by atoms with Crippen LogP contribution in [0.1, 0.15) is 16.8 Å². The number of hydrogen-bond acceptors (Lipinski definition) is 4. The Labute approximate surface area is 182 Å². The minimum absolute atomic E-state index is 0.229. The van der Waals surface area contributed by atoms with Crippen LogP contribution in [0.5, 0.6) is 0 Å². The highest BCUT2D eigenvalue weighted by atomic mass is 32.1. The zero-order valence-corrected chi connectivity index (χ0v) is 17.9. The SMILES string of the molecule is Cc1[nH]c2c(F)ccc(C)c2c1CCNc1ncnc2cc(-c3ccc(F)cc3)sc12. The Bertz CT molecular complexity index is 1400. The molecule has 0 bridgehead atoms. The van der Waals surface area contributed by atoms with Crippen LogP contribution in [-0.4, -0.2) is 21.5 Å². The van der Waals surface area contributed by atoms with Crippen molar-refractivity contribution in [3.63, 3.8) is 0 Å². The molecule has 0 unspecified atom stereocenters. The highest BCUT2D eigenvalue weighted by molar-refractivity contribution is 7.22. The topological polar surface area (TPSA) is 53.6 Å². The number of halogens is 2. The van der Waals surface area contributed by atoms with E-state index in [0.717, 1.165) is 55.1 Å². The summed E-state index contributed by atoms with van der Waals surface area (Å²) in [6.45, 7) is 4.63. The van der Waals surface area contributed by atoms with Crippen molar-refractivity contribution in [3.05, 3.63) is 77.2 Å². The molecule has 0 fully saturated rings. The molecule has 2 aromatic carbocycles. The first-order valence-corrected chi connectivity index (χ1v) is 10.8. The summed E-state index contributed by atoms with van der Waals surface area (Å²) in [5, 5.41) is 4.38. The third-order valence-electron chi connectivity index (χ3n) is 5.54. The van der Waals surface area contributed by atoms with Crippen molar-refractivity contribution < 1.29 is 8.78 Å². The van der Waals surface area contributed by atoms with Gasteiger partial charge in [0.2, 0.25) is 0 Å². The zero-order chi connectivity index (χ0) is 21.5. The molecule has 4 nitrogen and oxygen atoms in total. The molecule has 0 radical (unpaired) electrons. The van der Waals surface area contributed by atoms with Gasteiger partial charge in [-0.1, -0.05) is 18.2 Å². The van der Waals surface area contributed by atoms with Crippen molar-refractivity contribution in [2.75, 3.05) is 11.9 Å². The number of aromatic nitrogens is 3. The molecule has 0 atom stereocenters. The van der Waals surface area contributed by atoms with Crippen LogP contribution in [0.25, 0.3) is 31.6 Å². The summed E-state index contributed by atoms with van der Waals surface area (Å²) in [7, 11) is 0. The number of nitrogens with zero attached hydrogens (tertiary/aromatic N) is 2. The van der Waals surface area contributed by atoms with Crippen LogP contribution < -0.4 is 5.32 Å². The van der Waals surface area contributed by atoms with E-state index in [9.17, 15) is 8.78 Å². The molecule has 5 rings (SSSR count). The second-order valence-electron chi connectivity index (χ2n) is 7.57. The van der Waals surface area contributed by atoms with Crippen LogP contribution in [0.3, 0.4) is 0 Å². The average molecular weight is 435 g/mol. The summed E-state index contributed by atoms with van der Waals surface area (Å²) in [5.74, 6) is 0.283. The maximum atomic E-state index is 14.2. The van der Waals surface area contributed by atoms with Crippen LogP contribution in [0, 0.1) is 25.5 Å². The molecular weight excluding hydrogens is 414 g/mol. The zero-order valence-electron chi connectivity index (χ0n) is 17.1. The smallest absolute Gasteiger partial charge is 0.147 e. The third-order valence-corrected chi connectivity index (χ3v) is 6.72. The van der Waals surface area contributed by atoms with Gasteiger partial charge in [0, 0.05) is 22.5 Å². The largest absolute Gasteiger partial charge is 0.368 e. The fraction of sp³-hybridized carbons (Fsp3) is 0.167. The van der Waals surface area contributed by atoms with Crippen molar-refractivity contribution in [2.45, 2.75) is 20.3 Å². The Morgan fingerprint density at radius 2 is 1.84 bits per heavy atom. The highest BCUT2D eigenvalue weighted by Crippen LogP contribution is 2.36. The standard InChI is InChI=1S/C24H20F2N4S/c1-13-3-8-18(26)22-21(13)17(14(2)30-22)9-10-27-24-23-19(28-12-29-24)11-20(31-23)15-4-6-16(25)7-5-15/h3-8,11-12,30H,9-10H2,1-2H3,(H,27,28,29). The molecule has 3 aromatic heterocycles. The molecule has 0 aliphatic rings. The fourth-order valence-corrected chi connectivity index (χ4v) is 5.08. The fourth-order valence-electron chi connectivity index (χ4n) is 4.00. The normalized spacial score (nSPS) is 11.5. The van der Waals surface area contributed by atoms with Crippen LogP contribution in [-0.2, 0) is 6.42 Å². The Balaban J connectivity index is 1.41. The van der Waals surface area contributed by atoms with E-state index in [1.54, 1.807) is 29.8 Å². The van der Waals surface area contributed by atoms with Gasteiger partial charge in [0.1, 0.15) is 23.8 Å². The maximum Gasteiger partial charge on any atom is 0.147 e. The summed E-state index contributed by atoms with van der Waals surface area (Å²) in [4.78, 5) is 13.0. The lowest BCUT2D eigenvalue weighted by atomic mass is 10.0. The van der Waals surface area contributed by atoms with Gasteiger partial charge in [0.15, 0.2) is 0 Å². The molecule has 5 aromatic rings. The van der Waals surface area contributed by atoms with Gasteiger partial charge < -0.3 is 10.3 Å². The molecule has 7 heteroatoms. The quantitative estimate of drug-likeness (QED) is 0.337. The number of aryl methyl sites for hydroxylation is 2. The Morgan fingerprint density at radius 1 is 1.03 bits per heavy atom. The first-order chi connectivity index (χ1) is 15.0. The predicted octanol–water partition coefficient (Wildman–Crippen LogP) is 6.39. The summed E-state index contributed by atoms with van der Waals surface area (Å²) in [6, 6.07) is 11.8. The molecule has 0 saturated heterocycles. The van der Waals surface area contributed by atoms with Gasteiger partial charge in [-0.2, -0.15) is 0 Å². The number of anilines is 1. The number of fused-ring (bicyclic) bond motifs is 2. The van der Waals surface area contributed by atoms with E-state index in [-0.39, 0.29) is 11.6 Å². The molecule has 31 heavy (non-hydrogen) atoms. The van der Waals surface area contributed by atoms with Crippen molar-refractivity contribution in [2.24, 2.45) is 0 Å². The highest BCUT2D eigenvalue weighted by Gasteiger charge is 2.15. The average Bonchev–Trinajstić information content (AvgIpc) is 3.34. The summed E-state index contributed by atoms with van der Waals surface area (Å²) < 4.78 is 28.4. The number of thiophene rings is 1. The number of H-pyrrole nitrogens is 1. The van der Waals surface area contributed by atoms with E-state index in [1.807, 2.05) is 26.0 Å². The van der Waals surface area contributed by atoms with Crippen LogP contribution in [0.15, 0.2) is 48.8 Å². The lowest BCUT2D eigenvalue weighted by molar-refractivity contribution is 0.628. The van der Waals surface area contributed by atoms with Crippen LogP contribution in [0.2, 0.25) is 0 Å². The first kappa shape index (κ1) is 19.6. The summed E-state index contributed by atoms with van der Waals surface area (Å²) in [6.07, 6.45) is 2.28. The Kier molecular flexibility index (Phi) is 4.90. The number of hydrogen-bond donors (Lipinski definition) is 2. The second-order valence-corrected chi connectivity index (χ2v) is 8.63. The van der Waals surface area contributed by atoms with Gasteiger partial charge in [0.05, 0.1) is 15.7 Å². The molecule has 0 aliphatic heterocycles. The van der Waals surface area contributed by atoms with Crippen molar-refractivity contribution in [1.29, 1.82) is 0 Å². The summed E-state index contributed by atoms with van der Waals surface area (Å²) >= 11 is 1.58. The number of aromatic amines is 1. The lowest BCUT2D eigenvalue weighted by Crippen LogP contribution is -2.07. The van der Waals surface area contributed by atoms with Gasteiger partial charge >= 0.3 is 0 Å². The van der Waals surface area contributed by atoms with E-state index >= 15 is 0 Å². The van der Waals surface area contributed by atoms with E-state index in [2.05, 4.69) is 20.3 Å². The summed E-state index contributed by atoms with van der Waals surface area (Å²) in [5.41, 5.74) is 5.52. The van der Waals surface area contributed by atoms with E-state index in [0.29, 0.717) is 12.1 Å². The van der Waals surface area contributed by atoms with Crippen LogP contribution >= 0.6 is 11.3 Å². The number of nitrogens with one attached hydrogen (secondary N) is 2. The number of rotatable bonds is 5. The molecule has 0 aliphatic carbocycles. The van der Waals surface area contributed by atoms with Crippen molar-refractivity contribution in [3.8, 4) is 10.4 Å². The van der Waals surface area contributed by atoms with Crippen LogP contribution in [0.4, 0.5) is 14.6 Å². The molecule has 0 saturated carbocycles. The second kappa shape index (κ2) is 7.74. The molecule has 156 valence electrons. The molecule has 0 spiro atoms. The lowest BCUT2D eigenvalue weighted by Gasteiger charge is -2.07. The van der Waals surface area contributed by atoms with E-state index < -0.39 is 0 Å². The van der Waals surface area contributed by atoms with E-state index in [4.69, 9.17) is 0 Å². The van der Waals surface area contributed by atoms with Crippen molar-refractivity contribution >= 4 is 38.3 Å². The minimum Gasteiger partial charge on any atom is -0.368 e. The molecule has 2 N–H and O–H groups in total. The third kappa shape index (κ3) is 3.55. The predicted molar refractivity (Wildman–Crippen MR) is 123 cm³/mol. The molecule has 0 amide bonds. The van der Waals surface area contributed by atoms with Gasteiger partial charge in [-0.3, -0.25) is 0 Å². The first-order valence-electron chi connectivity index (χ1n) is 10.0. The maximum absolute atomic E-state index is 14.2. The van der Waals surface area contributed by atoms with Gasteiger partial charge in [0.25, 0.3) is 0 Å². The number of benzene rings is 2. The van der Waals surface area contributed by atoms with E-state index in [1.165, 1.54) is 18.2 Å². The van der Waals surface area contributed by atoms with Gasteiger partial charge in [-0.25, -0.2) is 18.7 Å². The Hall–Kier alpha value is -3.32. The molecule has 3 heterocycles. The minimum atomic E-state index is -0.255. The van der Waals surface area contributed by atoms with Gasteiger partial charge in [-0.05, 0) is 61.2 Å². The van der Waals surface area contributed by atoms with Crippen molar-refractivity contribution in [1.82, 2.24) is 15.0 Å². The monoisotopic (exact) mass is 434 g/mol. The molecular formula is C24H20F2N4S.